The number of carbonyl (C=O) groups is 1. The fraction of sp³-hybridized carbons (Fsp3) is 0.217. The maximum Gasteiger partial charge on any atom is 0.227 e. The van der Waals surface area contributed by atoms with E-state index >= 15 is 0 Å². The van der Waals surface area contributed by atoms with Gasteiger partial charge in [0.15, 0.2) is 0 Å². The van der Waals surface area contributed by atoms with Gasteiger partial charge in [0.05, 0.1) is 5.02 Å². The summed E-state index contributed by atoms with van der Waals surface area (Å²) < 4.78 is 13.9. The van der Waals surface area contributed by atoms with Gasteiger partial charge in [0.2, 0.25) is 5.91 Å². The molecule has 1 saturated heterocycles. The maximum absolute atomic E-state index is 13.9. The van der Waals surface area contributed by atoms with Crippen molar-refractivity contribution in [3.63, 3.8) is 0 Å². The highest BCUT2D eigenvalue weighted by atomic mass is 35.5. The first-order valence-corrected chi connectivity index (χ1v) is 10.5. The fourth-order valence-corrected chi connectivity index (χ4v) is 3.89. The van der Waals surface area contributed by atoms with Crippen molar-refractivity contribution < 1.29 is 9.18 Å². The molecule has 1 amide bonds. The minimum absolute atomic E-state index is 0.0551. The molecule has 2 aromatic carbocycles. The first-order valence-electron chi connectivity index (χ1n) is 9.72. The Hall–Kier alpha value is -2.63. The molecule has 0 saturated carbocycles. The number of hydrogen-bond acceptors (Lipinski definition) is 3. The van der Waals surface area contributed by atoms with Gasteiger partial charge in [-0.3, -0.25) is 4.79 Å². The molecule has 4 rings (SSSR count). The lowest BCUT2D eigenvalue weighted by Gasteiger charge is -2.32. The van der Waals surface area contributed by atoms with Gasteiger partial charge >= 0.3 is 0 Å². The lowest BCUT2D eigenvalue weighted by atomic mass is 9.95. The standard InChI is InChI=1S/C23H20Cl2FN3O/c24-17-3-1-15(2-4-17)20-13-19(26)6-7-21(20)28-23(30)16-9-11-29(12-10-16)22-8-5-18(25)14-27-22/h1-8,13-14,16H,9-12H2,(H,28,30). The summed E-state index contributed by atoms with van der Waals surface area (Å²) >= 11 is 11.9. The van der Waals surface area contributed by atoms with Crippen molar-refractivity contribution >= 4 is 40.6 Å². The zero-order chi connectivity index (χ0) is 21.1. The van der Waals surface area contributed by atoms with E-state index < -0.39 is 0 Å². The lowest BCUT2D eigenvalue weighted by Crippen LogP contribution is -2.38. The number of nitrogens with zero attached hydrogens (tertiary/aromatic N) is 2. The maximum atomic E-state index is 13.9. The van der Waals surface area contributed by atoms with Crippen molar-refractivity contribution in [3.05, 3.63) is 76.7 Å². The van der Waals surface area contributed by atoms with Gasteiger partial charge < -0.3 is 10.2 Å². The molecule has 0 bridgehead atoms. The quantitative estimate of drug-likeness (QED) is 0.533. The van der Waals surface area contributed by atoms with E-state index in [0.29, 0.717) is 34.1 Å². The van der Waals surface area contributed by atoms with E-state index in [1.807, 2.05) is 24.3 Å². The topological polar surface area (TPSA) is 45.2 Å². The van der Waals surface area contributed by atoms with Crippen molar-refractivity contribution in [1.82, 2.24) is 4.98 Å². The van der Waals surface area contributed by atoms with Crippen LogP contribution < -0.4 is 10.2 Å². The van der Waals surface area contributed by atoms with Crippen LogP contribution in [0.5, 0.6) is 0 Å². The molecule has 1 fully saturated rings. The third-order valence-electron chi connectivity index (χ3n) is 5.30. The summed E-state index contributed by atoms with van der Waals surface area (Å²) in [4.78, 5) is 19.4. The van der Waals surface area contributed by atoms with Gasteiger partial charge in [-0.1, -0.05) is 35.3 Å². The van der Waals surface area contributed by atoms with E-state index in [1.165, 1.54) is 12.1 Å². The molecule has 154 valence electrons. The summed E-state index contributed by atoms with van der Waals surface area (Å²) in [5, 5.41) is 4.19. The van der Waals surface area contributed by atoms with Gasteiger partial charge in [0.25, 0.3) is 0 Å². The molecule has 4 nitrogen and oxygen atoms in total. The van der Waals surface area contributed by atoms with E-state index in [-0.39, 0.29) is 17.6 Å². The molecule has 0 radical (unpaired) electrons. The molecule has 0 atom stereocenters. The van der Waals surface area contributed by atoms with E-state index in [1.54, 1.807) is 24.4 Å². The monoisotopic (exact) mass is 443 g/mol. The van der Waals surface area contributed by atoms with Gasteiger partial charge in [-0.05, 0) is 60.9 Å². The Balaban J connectivity index is 1.44. The summed E-state index contributed by atoms with van der Waals surface area (Å²) in [6.07, 6.45) is 3.06. The fourth-order valence-electron chi connectivity index (χ4n) is 3.65. The minimum Gasteiger partial charge on any atom is -0.357 e. The third kappa shape index (κ3) is 4.74. The summed E-state index contributed by atoms with van der Waals surface area (Å²) in [6.45, 7) is 1.47. The van der Waals surface area contributed by atoms with Gasteiger partial charge in [-0.25, -0.2) is 9.37 Å². The summed E-state index contributed by atoms with van der Waals surface area (Å²) in [7, 11) is 0. The van der Waals surface area contributed by atoms with Gasteiger partial charge in [-0.15, -0.1) is 0 Å². The average Bonchev–Trinajstić information content (AvgIpc) is 2.76. The van der Waals surface area contributed by atoms with Crippen LogP contribution in [0.1, 0.15) is 12.8 Å². The van der Waals surface area contributed by atoms with Gasteiger partial charge in [-0.2, -0.15) is 0 Å². The number of pyridine rings is 1. The molecular weight excluding hydrogens is 424 g/mol. The largest absolute Gasteiger partial charge is 0.357 e. The van der Waals surface area contributed by atoms with E-state index in [9.17, 15) is 9.18 Å². The van der Waals surface area contributed by atoms with Crippen LogP contribution in [0.3, 0.4) is 0 Å². The van der Waals surface area contributed by atoms with Crippen molar-refractivity contribution in [2.75, 3.05) is 23.3 Å². The highest BCUT2D eigenvalue weighted by Gasteiger charge is 2.26. The molecule has 1 aliphatic heterocycles. The van der Waals surface area contributed by atoms with Crippen molar-refractivity contribution in [2.45, 2.75) is 12.8 Å². The number of hydrogen-bond donors (Lipinski definition) is 1. The van der Waals surface area contributed by atoms with Crippen molar-refractivity contribution in [2.24, 2.45) is 5.92 Å². The molecule has 1 N–H and O–H groups in total. The average molecular weight is 444 g/mol. The van der Waals surface area contributed by atoms with E-state index in [4.69, 9.17) is 23.2 Å². The first-order chi connectivity index (χ1) is 14.5. The van der Waals surface area contributed by atoms with Crippen molar-refractivity contribution in [3.8, 4) is 11.1 Å². The van der Waals surface area contributed by atoms with Gasteiger partial charge in [0.1, 0.15) is 11.6 Å². The smallest absolute Gasteiger partial charge is 0.227 e. The number of rotatable bonds is 4. The zero-order valence-electron chi connectivity index (χ0n) is 16.1. The SMILES string of the molecule is O=C(Nc1ccc(F)cc1-c1ccc(Cl)cc1)C1CCN(c2ccc(Cl)cn2)CC1. The predicted octanol–water partition coefficient (Wildman–Crippen LogP) is 6.05. The predicted molar refractivity (Wildman–Crippen MR) is 120 cm³/mol. The summed E-state index contributed by atoms with van der Waals surface area (Å²) in [5.74, 6) is 0.334. The normalized spacial score (nSPS) is 14.6. The van der Waals surface area contributed by atoms with Crippen LogP contribution in [-0.4, -0.2) is 24.0 Å². The van der Waals surface area contributed by atoms with Gasteiger partial charge in [0, 0.05) is 41.5 Å². The number of amides is 1. The number of anilines is 2. The number of nitrogens with one attached hydrogen (secondary N) is 1. The van der Waals surface area contributed by atoms with E-state index in [0.717, 1.165) is 24.5 Å². The summed E-state index contributed by atoms with van der Waals surface area (Å²) in [5.41, 5.74) is 2.01. The second-order valence-electron chi connectivity index (χ2n) is 7.28. The Bertz CT molecular complexity index is 1030. The summed E-state index contributed by atoms with van der Waals surface area (Å²) in [6, 6.07) is 15.2. The molecule has 0 spiro atoms. The van der Waals surface area contributed by atoms with Crippen LogP contribution in [0.25, 0.3) is 11.1 Å². The van der Waals surface area contributed by atoms with Crippen LogP contribution in [0.4, 0.5) is 15.9 Å². The zero-order valence-corrected chi connectivity index (χ0v) is 17.6. The highest BCUT2D eigenvalue weighted by Crippen LogP contribution is 2.31. The van der Waals surface area contributed by atoms with Crippen LogP contribution in [-0.2, 0) is 4.79 Å². The third-order valence-corrected chi connectivity index (χ3v) is 5.77. The second-order valence-corrected chi connectivity index (χ2v) is 8.15. The number of piperidine rings is 1. The van der Waals surface area contributed by atoms with Crippen LogP contribution in [0.2, 0.25) is 10.0 Å². The minimum atomic E-state index is -0.360. The Kier molecular flexibility index (Phi) is 6.21. The molecule has 2 heterocycles. The molecule has 1 aromatic heterocycles. The molecule has 0 aliphatic carbocycles. The molecule has 1 aliphatic rings. The Morgan fingerprint density at radius 2 is 1.70 bits per heavy atom. The van der Waals surface area contributed by atoms with Crippen LogP contribution >= 0.6 is 23.2 Å². The van der Waals surface area contributed by atoms with Crippen molar-refractivity contribution in [1.29, 1.82) is 0 Å². The molecule has 3 aromatic rings. The Labute approximate surface area is 184 Å². The van der Waals surface area contributed by atoms with Crippen LogP contribution in [0.15, 0.2) is 60.8 Å². The molecule has 0 unspecified atom stereocenters. The number of halogens is 3. The molecular formula is C23H20Cl2FN3O. The molecule has 7 heteroatoms. The highest BCUT2D eigenvalue weighted by molar-refractivity contribution is 6.30. The van der Waals surface area contributed by atoms with E-state index in [2.05, 4.69) is 15.2 Å². The molecule has 30 heavy (non-hydrogen) atoms. The second kappa shape index (κ2) is 9.02. The lowest BCUT2D eigenvalue weighted by molar-refractivity contribution is -0.120. The Morgan fingerprint density at radius 1 is 1.00 bits per heavy atom. The van der Waals surface area contributed by atoms with Crippen LogP contribution in [0, 0.1) is 11.7 Å². The first kappa shape index (κ1) is 20.6. The number of aromatic nitrogens is 1. The number of benzene rings is 2. The number of carbonyl (C=O) groups excluding carboxylic acids is 1. The Morgan fingerprint density at radius 3 is 2.37 bits per heavy atom.